The van der Waals surface area contributed by atoms with Crippen LogP contribution in [0.5, 0.6) is 0 Å². The molecule has 0 aromatic carbocycles. The van der Waals surface area contributed by atoms with Crippen LogP contribution in [-0.2, 0) is 0 Å². The Hall–Kier alpha value is -0.0600. The highest BCUT2D eigenvalue weighted by molar-refractivity contribution is 14.1. The summed E-state index contributed by atoms with van der Waals surface area (Å²) < 4.78 is 25.2. The van der Waals surface area contributed by atoms with E-state index < -0.39 is 12.3 Å². The molecule has 76 valence electrons. The zero-order chi connectivity index (χ0) is 10.9. The molecule has 0 spiro atoms. The number of carbonyl (C=O) groups excluding carboxylic acids is 1. The number of amides is 1. The molecule has 7 heteroatoms. The van der Waals surface area contributed by atoms with Crippen molar-refractivity contribution in [3.8, 4) is 0 Å². The van der Waals surface area contributed by atoms with Gasteiger partial charge < -0.3 is 5.73 Å². The Morgan fingerprint density at radius 3 is 2.50 bits per heavy atom. The molecule has 1 amide bonds. The average Bonchev–Trinajstić information content (AvgIpc) is 2.07. The van der Waals surface area contributed by atoms with Gasteiger partial charge in [0, 0.05) is 3.57 Å². The smallest absolute Gasteiger partial charge is 0.268 e. The molecule has 0 aliphatic heterocycles. The van der Waals surface area contributed by atoms with Crippen molar-refractivity contribution in [2.45, 2.75) is 6.43 Å². The Labute approximate surface area is 106 Å². The van der Waals surface area contributed by atoms with Crippen molar-refractivity contribution in [3.05, 3.63) is 24.6 Å². The van der Waals surface area contributed by atoms with E-state index in [1.165, 1.54) is 6.07 Å². The van der Waals surface area contributed by atoms with Crippen LogP contribution in [0, 0.1) is 7.27 Å². The zero-order valence-electron chi connectivity index (χ0n) is 6.60. The van der Waals surface area contributed by atoms with Gasteiger partial charge in [-0.25, -0.2) is 13.8 Å². The number of primary amides is 1. The van der Waals surface area contributed by atoms with Crippen molar-refractivity contribution in [1.82, 2.24) is 4.98 Å². The molecule has 0 fully saturated rings. The van der Waals surface area contributed by atoms with E-state index in [4.69, 9.17) is 5.73 Å². The van der Waals surface area contributed by atoms with E-state index in [0.29, 0.717) is 3.57 Å². The van der Waals surface area contributed by atoms with E-state index in [1.807, 2.05) is 0 Å². The fourth-order valence-electron chi connectivity index (χ4n) is 0.806. The largest absolute Gasteiger partial charge is 0.364 e. The first-order valence-electron chi connectivity index (χ1n) is 3.37. The van der Waals surface area contributed by atoms with Gasteiger partial charge in [-0.05, 0) is 51.2 Å². The molecule has 0 saturated heterocycles. The van der Waals surface area contributed by atoms with Crippen LogP contribution in [0.1, 0.15) is 22.5 Å². The topological polar surface area (TPSA) is 56.0 Å². The van der Waals surface area contributed by atoms with E-state index in [1.54, 1.807) is 45.2 Å². The number of alkyl halides is 2. The molecule has 2 N–H and O–H groups in total. The third-order valence-electron chi connectivity index (χ3n) is 1.43. The van der Waals surface area contributed by atoms with Crippen LogP contribution >= 0.6 is 45.2 Å². The molecule has 0 saturated carbocycles. The summed E-state index contributed by atoms with van der Waals surface area (Å²) in [4.78, 5) is 14.5. The highest BCUT2D eigenvalue weighted by Gasteiger charge is 2.17. The Morgan fingerprint density at radius 1 is 1.50 bits per heavy atom. The summed E-state index contributed by atoms with van der Waals surface area (Å²) in [5, 5.41) is 0. The van der Waals surface area contributed by atoms with Crippen molar-refractivity contribution in [1.29, 1.82) is 0 Å². The first-order valence-corrected chi connectivity index (χ1v) is 5.53. The number of pyridine rings is 1. The molecule has 0 unspecified atom stereocenters. The van der Waals surface area contributed by atoms with E-state index in [-0.39, 0.29) is 15.0 Å². The van der Waals surface area contributed by atoms with Gasteiger partial charge in [0.25, 0.3) is 12.3 Å². The van der Waals surface area contributed by atoms with Gasteiger partial charge in [-0.3, -0.25) is 4.79 Å². The van der Waals surface area contributed by atoms with Crippen LogP contribution in [0.25, 0.3) is 0 Å². The quantitative estimate of drug-likeness (QED) is 0.586. The number of nitrogens with two attached hydrogens (primary N) is 1. The van der Waals surface area contributed by atoms with Crippen LogP contribution in [0.3, 0.4) is 0 Å². The fourth-order valence-corrected chi connectivity index (χ4v) is 2.16. The summed E-state index contributed by atoms with van der Waals surface area (Å²) in [6.45, 7) is 0. The van der Waals surface area contributed by atoms with Gasteiger partial charge >= 0.3 is 0 Å². The Bertz CT molecular complexity index is 384. The summed E-state index contributed by atoms with van der Waals surface area (Å²) in [6.07, 6.45) is -2.59. The lowest BCUT2D eigenvalue weighted by Crippen LogP contribution is -2.16. The predicted octanol–water partition coefficient (Wildman–Crippen LogP) is 2.33. The van der Waals surface area contributed by atoms with Crippen molar-refractivity contribution in [2.75, 3.05) is 0 Å². The van der Waals surface area contributed by atoms with E-state index in [2.05, 4.69) is 4.98 Å². The van der Waals surface area contributed by atoms with Crippen molar-refractivity contribution >= 4 is 51.1 Å². The third kappa shape index (κ3) is 2.49. The highest BCUT2D eigenvalue weighted by Crippen LogP contribution is 2.25. The summed E-state index contributed by atoms with van der Waals surface area (Å²) in [5.41, 5.74) is 4.86. The summed E-state index contributed by atoms with van der Waals surface area (Å²) >= 11 is 3.40. The van der Waals surface area contributed by atoms with Gasteiger partial charge in [0.1, 0.15) is 9.39 Å². The maximum absolute atomic E-state index is 12.4. The van der Waals surface area contributed by atoms with Crippen LogP contribution in [0.2, 0.25) is 0 Å². The number of halogens is 4. The zero-order valence-corrected chi connectivity index (χ0v) is 10.9. The van der Waals surface area contributed by atoms with Gasteiger partial charge in [-0.2, -0.15) is 0 Å². The number of hydrogen-bond acceptors (Lipinski definition) is 2. The summed E-state index contributed by atoms with van der Waals surface area (Å²) in [6, 6.07) is 1.22. The molecular weight excluding hydrogens is 420 g/mol. The summed E-state index contributed by atoms with van der Waals surface area (Å²) in [7, 11) is 0. The maximum Gasteiger partial charge on any atom is 0.268 e. The van der Waals surface area contributed by atoms with Gasteiger partial charge in [0.15, 0.2) is 0 Å². The molecule has 0 bridgehead atoms. The van der Waals surface area contributed by atoms with Crippen molar-refractivity contribution in [2.24, 2.45) is 5.73 Å². The molecule has 1 heterocycles. The third-order valence-corrected chi connectivity index (χ3v) is 3.11. The van der Waals surface area contributed by atoms with Gasteiger partial charge in [0.05, 0.1) is 5.56 Å². The molecular formula is C7H4F2I2N2O. The van der Waals surface area contributed by atoms with Crippen LogP contribution in [0.4, 0.5) is 8.78 Å². The first kappa shape index (κ1) is 12.0. The molecule has 3 nitrogen and oxygen atoms in total. The number of nitrogens with zero attached hydrogens (tertiary/aromatic N) is 1. The molecule has 0 atom stereocenters. The SMILES string of the molecule is NC(=O)c1nc(I)c(C(F)F)cc1I. The first-order chi connectivity index (χ1) is 6.43. The second-order valence-corrected chi connectivity index (χ2v) is 4.55. The maximum atomic E-state index is 12.4. The monoisotopic (exact) mass is 424 g/mol. The van der Waals surface area contributed by atoms with Crippen LogP contribution in [0.15, 0.2) is 6.07 Å². The molecule has 1 aromatic rings. The molecule has 0 aliphatic rings. The van der Waals surface area contributed by atoms with E-state index in [9.17, 15) is 13.6 Å². The van der Waals surface area contributed by atoms with Gasteiger partial charge in [-0.15, -0.1) is 0 Å². The lowest BCUT2D eigenvalue weighted by molar-refractivity contribution is 0.0993. The number of aromatic nitrogens is 1. The Balaban J connectivity index is 3.31. The van der Waals surface area contributed by atoms with E-state index in [0.717, 1.165) is 0 Å². The molecule has 1 aromatic heterocycles. The second-order valence-electron chi connectivity index (χ2n) is 2.36. The minimum Gasteiger partial charge on any atom is -0.364 e. The Morgan fingerprint density at radius 2 is 2.07 bits per heavy atom. The predicted molar refractivity (Wildman–Crippen MR) is 63.1 cm³/mol. The molecule has 0 radical (unpaired) electrons. The lowest BCUT2D eigenvalue weighted by Gasteiger charge is -2.05. The average molecular weight is 424 g/mol. The normalized spacial score (nSPS) is 10.6. The lowest BCUT2D eigenvalue weighted by atomic mass is 10.2. The fraction of sp³-hybridized carbons (Fsp3) is 0.143. The Kier molecular flexibility index (Phi) is 3.98. The van der Waals surface area contributed by atoms with Gasteiger partial charge in [-0.1, -0.05) is 0 Å². The minimum absolute atomic E-state index is 0.0272. The molecule has 1 rings (SSSR count). The molecule has 0 aliphatic carbocycles. The molecule has 14 heavy (non-hydrogen) atoms. The minimum atomic E-state index is -2.59. The van der Waals surface area contributed by atoms with Crippen molar-refractivity contribution < 1.29 is 13.6 Å². The number of carbonyl (C=O) groups is 1. The van der Waals surface area contributed by atoms with Crippen molar-refractivity contribution in [3.63, 3.8) is 0 Å². The summed E-state index contributed by atoms with van der Waals surface area (Å²) in [5.74, 6) is -0.715. The second kappa shape index (κ2) is 4.64. The van der Waals surface area contributed by atoms with Crippen LogP contribution in [-0.4, -0.2) is 10.9 Å². The van der Waals surface area contributed by atoms with Gasteiger partial charge in [0.2, 0.25) is 0 Å². The number of hydrogen-bond donors (Lipinski definition) is 1. The van der Waals surface area contributed by atoms with Crippen LogP contribution < -0.4 is 5.73 Å². The standard InChI is InChI=1S/C7H4F2I2N2O/c8-5(9)2-1-3(10)4(7(12)14)13-6(2)11/h1,5H,(H2,12,14). The highest BCUT2D eigenvalue weighted by atomic mass is 127. The number of rotatable bonds is 2. The van der Waals surface area contributed by atoms with E-state index >= 15 is 0 Å².